The second-order valence-corrected chi connectivity index (χ2v) is 7.84. The highest BCUT2D eigenvalue weighted by atomic mass is 32.2. The lowest BCUT2D eigenvalue weighted by Crippen LogP contribution is -2.44. The third-order valence-electron chi connectivity index (χ3n) is 4.05. The Bertz CT molecular complexity index is 959. The maximum Gasteiger partial charge on any atom is 0.325 e. The molecule has 28 heavy (non-hydrogen) atoms. The Morgan fingerprint density at radius 2 is 1.82 bits per heavy atom. The minimum atomic E-state index is -4.34. The van der Waals surface area contributed by atoms with Gasteiger partial charge in [-0.05, 0) is 18.1 Å². The van der Waals surface area contributed by atoms with Crippen LogP contribution in [0.5, 0.6) is 0 Å². The molecule has 9 heteroatoms. The van der Waals surface area contributed by atoms with Crippen LogP contribution < -0.4 is 0 Å². The van der Waals surface area contributed by atoms with Crippen molar-refractivity contribution in [2.45, 2.75) is 17.4 Å². The summed E-state index contributed by atoms with van der Waals surface area (Å²) < 4.78 is 32.0. The standard InChI is InChI=1S/C19H20N2O6S/c1-3-13-27-19(22)17(14-15-9-5-4-6-10-15)20(2)28(25,26)18-12-8-7-11-16(18)21(23)24/h3-12,17H,1,13-14H2,2H3. The molecule has 0 spiro atoms. The van der Waals surface area contributed by atoms with Crippen molar-refractivity contribution in [1.82, 2.24) is 4.31 Å². The van der Waals surface area contributed by atoms with Gasteiger partial charge in [-0.25, -0.2) is 8.42 Å². The fourth-order valence-corrected chi connectivity index (χ4v) is 4.05. The van der Waals surface area contributed by atoms with Crippen LogP contribution in [-0.4, -0.2) is 43.3 Å². The van der Waals surface area contributed by atoms with Crippen molar-refractivity contribution in [2.75, 3.05) is 13.7 Å². The molecule has 1 unspecified atom stereocenters. The monoisotopic (exact) mass is 404 g/mol. The SMILES string of the molecule is C=CCOC(=O)C(Cc1ccccc1)N(C)S(=O)(=O)c1ccccc1[N+](=O)[O-]. The van der Waals surface area contributed by atoms with Gasteiger partial charge in [-0.3, -0.25) is 14.9 Å². The van der Waals surface area contributed by atoms with E-state index in [1.165, 1.54) is 25.3 Å². The molecule has 0 aliphatic carbocycles. The van der Waals surface area contributed by atoms with Crippen LogP contribution in [0.2, 0.25) is 0 Å². The van der Waals surface area contributed by atoms with Crippen molar-refractivity contribution in [2.24, 2.45) is 0 Å². The molecule has 2 rings (SSSR count). The molecule has 0 amide bonds. The molecule has 2 aromatic carbocycles. The van der Waals surface area contributed by atoms with E-state index in [-0.39, 0.29) is 13.0 Å². The van der Waals surface area contributed by atoms with Gasteiger partial charge in [0.25, 0.3) is 5.69 Å². The zero-order valence-electron chi connectivity index (χ0n) is 15.2. The zero-order chi connectivity index (χ0) is 20.7. The third-order valence-corrected chi connectivity index (χ3v) is 5.96. The van der Waals surface area contributed by atoms with E-state index in [0.29, 0.717) is 5.56 Å². The number of para-hydroxylation sites is 1. The third kappa shape index (κ3) is 4.81. The first-order chi connectivity index (χ1) is 13.3. The molecule has 0 aromatic heterocycles. The highest BCUT2D eigenvalue weighted by Gasteiger charge is 2.37. The Balaban J connectivity index is 2.45. The summed E-state index contributed by atoms with van der Waals surface area (Å²) in [5.41, 5.74) is 0.153. The molecule has 0 saturated heterocycles. The molecule has 0 heterocycles. The largest absolute Gasteiger partial charge is 0.460 e. The van der Waals surface area contributed by atoms with Crippen molar-refractivity contribution in [3.63, 3.8) is 0 Å². The van der Waals surface area contributed by atoms with Crippen molar-refractivity contribution in [3.8, 4) is 0 Å². The van der Waals surface area contributed by atoms with E-state index in [4.69, 9.17) is 4.74 Å². The molecule has 0 N–H and O–H groups in total. The number of hydrogen-bond acceptors (Lipinski definition) is 6. The summed E-state index contributed by atoms with van der Waals surface area (Å²) in [6.45, 7) is 3.38. The number of esters is 1. The maximum atomic E-state index is 13.1. The average molecular weight is 404 g/mol. The number of nitro benzene ring substituents is 1. The molecule has 2 aromatic rings. The van der Waals surface area contributed by atoms with Gasteiger partial charge in [0.1, 0.15) is 12.6 Å². The van der Waals surface area contributed by atoms with E-state index < -0.39 is 37.5 Å². The van der Waals surface area contributed by atoms with Gasteiger partial charge < -0.3 is 4.74 Å². The predicted octanol–water partition coefficient (Wildman–Crippen LogP) is 2.56. The summed E-state index contributed by atoms with van der Waals surface area (Å²) in [6.07, 6.45) is 1.42. The smallest absolute Gasteiger partial charge is 0.325 e. The van der Waals surface area contributed by atoms with Gasteiger partial charge in [-0.1, -0.05) is 55.1 Å². The van der Waals surface area contributed by atoms with E-state index in [2.05, 4.69) is 6.58 Å². The first-order valence-electron chi connectivity index (χ1n) is 8.32. The summed E-state index contributed by atoms with van der Waals surface area (Å²) in [5.74, 6) is -0.770. The van der Waals surface area contributed by atoms with Crippen LogP contribution in [0.3, 0.4) is 0 Å². The van der Waals surface area contributed by atoms with Gasteiger partial charge in [-0.2, -0.15) is 4.31 Å². The van der Waals surface area contributed by atoms with Crippen molar-refractivity contribution >= 4 is 21.7 Å². The molecule has 0 aliphatic rings. The Morgan fingerprint density at radius 1 is 1.21 bits per heavy atom. The number of ether oxygens (including phenoxy) is 1. The van der Waals surface area contributed by atoms with Gasteiger partial charge in [0.2, 0.25) is 10.0 Å². The molecule has 148 valence electrons. The number of hydrogen-bond donors (Lipinski definition) is 0. The lowest BCUT2D eigenvalue weighted by atomic mass is 10.1. The first-order valence-corrected chi connectivity index (χ1v) is 9.76. The topological polar surface area (TPSA) is 107 Å². The molecule has 0 fully saturated rings. The summed E-state index contributed by atoms with van der Waals surface area (Å²) >= 11 is 0. The maximum absolute atomic E-state index is 13.1. The fraction of sp³-hybridized carbons (Fsp3) is 0.211. The average Bonchev–Trinajstić information content (AvgIpc) is 2.70. The quantitative estimate of drug-likeness (QED) is 0.275. The number of nitrogens with zero attached hydrogens (tertiary/aromatic N) is 2. The Labute approximate surface area is 163 Å². The van der Waals surface area contributed by atoms with E-state index in [1.807, 2.05) is 0 Å². The van der Waals surface area contributed by atoms with Gasteiger partial charge in [-0.15, -0.1) is 0 Å². The molecule has 1 atom stereocenters. The molecule has 0 aliphatic heterocycles. The summed E-state index contributed by atoms with van der Waals surface area (Å²) in [6, 6.07) is 12.6. The van der Waals surface area contributed by atoms with Crippen LogP contribution in [-0.2, 0) is 26.0 Å². The van der Waals surface area contributed by atoms with Crippen LogP contribution in [0.1, 0.15) is 5.56 Å². The molecule has 8 nitrogen and oxygen atoms in total. The summed E-state index contributed by atoms with van der Waals surface area (Å²) in [7, 11) is -3.14. The number of nitro groups is 1. The number of sulfonamides is 1. The van der Waals surface area contributed by atoms with Crippen molar-refractivity contribution in [1.29, 1.82) is 0 Å². The van der Waals surface area contributed by atoms with Gasteiger partial charge in [0.15, 0.2) is 4.90 Å². The lowest BCUT2D eigenvalue weighted by Gasteiger charge is -2.26. The van der Waals surface area contributed by atoms with E-state index in [9.17, 15) is 23.3 Å². The molecule has 0 saturated carbocycles. The molecule has 0 radical (unpaired) electrons. The number of benzene rings is 2. The van der Waals surface area contributed by atoms with Gasteiger partial charge in [0.05, 0.1) is 4.92 Å². The Kier molecular flexibility index (Phi) is 7.02. The van der Waals surface area contributed by atoms with Crippen LogP contribution in [0.4, 0.5) is 5.69 Å². The Morgan fingerprint density at radius 3 is 2.43 bits per heavy atom. The summed E-state index contributed by atoms with van der Waals surface area (Å²) in [5, 5.41) is 11.2. The number of carbonyl (C=O) groups excluding carboxylic acids is 1. The van der Waals surface area contributed by atoms with Crippen molar-refractivity contribution < 1.29 is 22.9 Å². The van der Waals surface area contributed by atoms with Crippen molar-refractivity contribution in [3.05, 3.63) is 82.9 Å². The van der Waals surface area contributed by atoms with Crippen LogP contribution in [0.15, 0.2) is 72.1 Å². The van der Waals surface area contributed by atoms with Crippen LogP contribution in [0.25, 0.3) is 0 Å². The normalized spacial score (nSPS) is 12.4. The second kappa shape index (κ2) is 9.25. The van der Waals surface area contributed by atoms with E-state index >= 15 is 0 Å². The summed E-state index contributed by atoms with van der Waals surface area (Å²) in [4.78, 5) is 22.5. The van der Waals surface area contributed by atoms with E-state index in [1.54, 1.807) is 30.3 Å². The highest BCUT2D eigenvalue weighted by molar-refractivity contribution is 7.89. The molecular weight excluding hydrogens is 384 g/mol. The van der Waals surface area contributed by atoms with Crippen LogP contribution >= 0.6 is 0 Å². The minimum absolute atomic E-state index is 0.0488. The highest BCUT2D eigenvalue weighted by Crippen LogP contribution is 2.27. The van der Waals surface area contributed by atoms with Crippen LogP contribution in [0, 0.1) is 10.1 Å². The minimum Gasteiger partial charge on any atom is -0.460 e. The number of carbonyl (C=O) groups is 1. The van der Waals surface area contributed by atoms with E-state index in [0.717, 1.165) is 16.4 Å². The lowest BCUT2D eigenvalue weighted by molar-refractivity contribution is -0.387. The molecular formula is C19H20N2O6S. The first kappa shape index (κ1) is 21.3. The zero-order valence-corrected chi connectivity index (χ0v) is 16.0. The second-order valence-electron chi connectivity index (χ2n) is 5.87. The van der Waals surface area contributed by atoms with Gasteiger partial charge in [0, 0.05) is 13.1 Å². The number of rotatable bonds is 9. The molecule has 0 bridgehead atoms. The predicted molar refractivity (Wildman–Crippen MR) is 103 cm³/mol. The van der Waals surface area contributed by atoms with Gasteiger partial charge >= 0.3 is 5.97 Å². The number of likely N-dealkylation sites (N-methyl/N-ethyl adjacent to an activating group) is 1. The Hall–Kier alpha value is -3.04. The fourth-order valence-electron chi connectivity index (χ4n) is 2.58.